The van der Waals surface area contributed by atoms with E-state index in [1.165, 1.54) is 12.8 Å². The van der Waals surface area contributed by atoms with Crippen LogP contribution in [-0.2, 0) is 7.05 Å². The van der Waals surface area contributed by atoms with Crippen LogP contribution >= 0.6 is 0 Å². The lowest BCUT2D eigenvalue weighted by atomic mass is 9.95. The molecule has 1 aromatic heterocycles. The summed E-state index contributed by atoms with van der Waals surface area (Å²) in [4.78, 5) is 0. The molecule has 1 N–H and O–H groups in total. The number of hydrogen-bond acceptors (Lipinski definition) is 2. The van der Waals surface area contributed by atoms with E-state index in [4.69, 9.17) is 0 Å². The topological polar surface area (TPSA) is 38.1 Å². The second kappa shape index (κ2) is 3.73. The van der Waals surface area contributed by atoms with Crippen LogP contribution in [0.1, 0.15) is 43.0 Å². The standard InChI is InChI=1S/C11H18N2O/c1-8-10(7-12-13(8)2)11(14)9-5-3-4-6-9/h7,9,11,14H,3-6H2,1-2H3. The molecule has 1 aromatic rings. The van der Waals surface area contributed by atoms with Crippen LogP contribution in [-0.4, -0.2) is 14.9 Å². The molecule has 0 radical (unpaired) electrons. The largest absolute Gasteiger partial charge is 0.388 e. The van der Waals surface area contributed by atoms with E-state index in [1.807, 2.05) is 18.7 Å². The first kappa shape index (κ1) is 9.71. The maximum Gasteiger partial charge on any atom is 0.0851 e. The number of rotatable bonds is 2. The first-order valence-electron chi connectivity index (χ1n) is 5.36. The van der Waals surface area contributed by atoms with E-state index in [0.717, 1.165) is 24.1 Å². The Labute approximate surface area is 84.7 Å². The second-order valence-electron chi connectivity index (χ2n) is 4.30. The van der Waals surface area contributed by atoms with E-state index in [1.54, 1.807) is 6.20 Å². The molecule has 0 aromatic carbocycles. The number of nitrogens with zero attached hydrogens (tertiary/aromatic N) is 2. The Morgan fingerprint density at radius 1 is 1.50 bits per heavy atom. The van der Waals surface area contributed by atoms with Crippen molar-refractivity contribution in [2.75, 3.05) is 0 Å². The highest BCUT2D eigenvalue weighted by Crippen LogP contribution is 2.36. The van der Waals surface area contributed by atoms with Gasteiger partial charge in [-0.2, -0.15) is 5.10 Å². The molecule has 78 valence electrons. The van der Waals surface area contributed by atoms with Crippen LogP contribution in [0.25, 0.3) is 0 Å². The van der Waals surface area contributed by atoms with Crippen LogP contribution in [0.3, 0.4) is 0 Å². The van der Waals surface area contributed by atoms with Gasteiger partial charge in [0.1, 0.15) is 0 Å². The van der Waals surface area contributed by atoms with Crippen LogP contribution in [0.15, 0.2) is 6.20 Å². The summed E-state index contributed by atoms with van der Waals surface area (Å²) < 4.78 is 1.83. The van der Waals surface area contributed by atoms with Crippen LogP contribution in [0.2, 0.25) is 0 Å². The van der Waals surface area contributed by atoms with Gasteiger partial charge in [0.05, 0.1) is 12.3 Å². The van der Waals surface area contributed by atoms with Crippen molar-refractivity contribution in [3.63, 3.8) is 0 Å². The Kier molecular flexibility index (Phi) is 2.59. The van der Waals surface area contributed by atoms with E-state index < -0.39 is 0 Å². The third kappa shape index (κ3) is 1.57. The smallest absolute Gasteiger partial charge is 0.0851 e. The molecule has 1 atom stereocenters. The van der Waals surface area contributed by atoms with Crippen molar-refractivity contribution in [1.82, 2.24) is 9.78 Å². The van der Waals surface area contributed by atoms with Crippen molar-refractivity contribution in [2.45, 2.75) is 38.7 Å². The van der Waals surface area contributed by atoms with Gasteiger partial charge in [0.15, 0.2) is 0 Å². The maximum absolute atomic E-state index is 10.2. The average molecular weight is 194 g/mol. The van der Waals surface area contributed by atoms with Gasteiger partial charge in [-0.25, -0.2) is 0 Å². The summed E-state index contributed by atoms with van der Waals surface area (Å²) in [5, 5.41) is 14.3. The van der Waals surface area contributed by atoms with Crippen LogP contribution in [0.4, 0.5) is 0 Å². The zero-order valence-electron chi connectivity index (χ0n) is 8.90. The van der Waals surface area contributed by atoms with Crippen molar-refractivity contribution in [2.24, 2.45) is 13.0 Å². The van der Waals surface area contributed by atoms with Gasteiger partial charge in [0.2, 0.25) is 0 Å². The number of hydrogen-bond donors (Lipinski definition) is 1. The van der Waals surface area contributed by atoms with Crippen LogP contribution in [0, 0.1) is 12.8 Å². The molecule has 0 bridgehead atoms. The summed E-state index contributed by atoms with van der Waals surface area (Å²) in [6.45, 7) is 2.01. The van der Waals surface area contributed by atoms with E-state index in [0.29, 0.717) is 5.92 Å². The van der Waals surface area contributed by atoms with Gasteiger partial charge in [0, 0.05) is 18.3 Å². The third-order valence-electron chi connectivity index (χ3n) is 3.44. The number of aromatic nitrogens is 2. The van der Waals surface area contributed by atoms with Crippen molar-refractivity contribution >= 4 is 0 Å². The Hall–Kier alpha value is -0.830. The fraction of sp³-hybridized carbons (Fsp3) is 0.727. The van der Waals surface area contributed by atoms with Gasteiger partial charge >= 0.3 is 0 Å². The van der Waals surface area contributed by atoms with E-state index in [-0.39, 0.29) is 6.10 Å². The lowest BCUT2D eigenvalue weighted by Gasteiger charge is -2.17. The molecule has 1 saturated carbocycles. The van der Waals surface area contributed by atoms with Crippen molar-refractivity contribution in [3.05, 3.63) is 17.5 Å². The molecule has 1 aliphatic carbocycles. The average Bonchev–Trinajstić information content (AvgIpc) is 2.77. The van der Waals surface area contributed by atoms with Gasteiger partial charge in [-0.3, -0.25) is 4.68 Å². The first-order valence-corrected chi connectivity index (χ1v) is 5.36. The molecule has 0 aliphatic heterocycles. The van der Waals surface area contributed by atoms with Gasteiger partial charge < -0.3 is 5.11 Å². The maximum atomic E-state index is 10.2. The zero-order chi connectivity index (χ0) is 10.1. The monoisotopic (exact) mass is 194 g/mol. The highest BCUT2D eigenvalue weighted by Gasteiger charge is 2.26. The van der Waals surface area contributed by atoms with Crippen molar-refractivity contribution < 1.29 is 5.11 Å². The van der Waals surface area contributed by atoms with E-state index in [9.17, 15) is 5.11 Å². The molecule has 1 aliphatic rings. The molecule has 14 heavy (non-hydrogen) atoms. The Morgan fingerprint density at radius 3 is 2.64 bits per heavy atom. The molecular formula is C11H18N2O. The highest BCUT2D eigenvalue weighted by atomic mass is 16.3. The number of aliphatic hydroxyl groups excluding tert-OH is 1. The summed E-state index contributed by atoms with van der Waals surface area (Å²) in [6.07, 6.45) is 6.36. The Balaban J connectivity index is 2.17. The van der Waals surface area contributed by atoms with E-state index >= 15 is 0 Å². The predicted octanol–water partition coefficient (Wildman–Crippen LogP) is 1.95. The molecule has 0 spiro atoms. The highest BCUT2D eigenvalue weighted by molar-refractivity contribution is 5.19. The van der Waals surface area contributed by atoms with Crippen LogP contribution in [0.5, 0.6) is 0 Å². The summed E-state index contributed by atoms with van der Waals surface area (Å²) in [6, 6.07) is 0. The minimum Gasteiger partial charge on any atom is -0.388 e. The lowest BCUT2D eigenvalue weighted by molar-refractivity contribution is 0.111. The van der Waals surface area contributed by atoms with E-state index in [2.05, 4.69) is 5.10 Å². The lowest BCUT2D eigenvalue weighted by Crippen LogP contribution is -2.09. The minimum atomic E-state index is -0.300. The fourth-order valence-electron chi connectivity index (χ4n) is 2.33. The molecular weight excluding hydrogens is 176 g/mol. The molecule has 0 saturated heterocycles. The van der Waals surface area contributed by atoms with Crippen molar-refractivity contribution in [3.8, 4) is 0 Å². The summed E-state index contributed by atoms with van der Waals surface area (Å²) >= 11 is 0. The predicted molar refractivity (Wildman–Crippen MR) is 54.9 cm³/mol. The number of aryl methyl sites for hydroxylation is 1. The molecule has 3 heteroatoms. The fourth-order valence-corrected chi connectivity index (χ4v) is 2.33. The number of aliphatic hydroxyl groups is 1. The van der Waals surface area contributed by atoms with Gasteiger partial charge in [-0.15, -0.1) is 0 Å². The second-order valence-corrected chi connectivity index (χ2v) is 4.30. The summed E-state index contributed by atoms with van der Waals surface area (Å²) in [5.74, 6) is 0.456. The molecule has 1 unspecified atom stereocenters. The molecule has 0 amide bonds. The summed E-state index contributed by atoms with van der Waals surface area (Å²) in [7, 11) is 1.92. The SMILES string of the molecule is Cc1c(C(O)C2CCCC2)cnn1C. The first-order chi connectivity index (χ1) is 6.70. The summed E-state index contributed by atoms with van der Waals surface area (Å²) in [5.41, 5.74) is 2.10. The molecule has 2 rings (SSSR count). The van der Waals surface area contributed by atoms with Gasteiger partial charge in [-0.05, 0) is 25.7 Å². The van der Waals surface area contributed by atoms with Gasteiger partial charge in [-0.1, -0.05) is 12.8 Å². The quantitative estimate of drug-likeness (QED) is 0.781. The third-order valence-corrected chi connectivity index (χ3v) is 3.44. The Bertz CT molecular complexity index is 313. The molecule has 3 nitrogen and oxygen atoms in total. The molecule has 1 fully saturated rings. The Morgan fingerprint density at radius 2 is 2.14 bits per heavy atom. The van der Waals surface area contributed by atoms with Gasteiger partial charge in [0.25, 0.3) is 0 Å². The molecule has 1 heterocycles. The minimum absolute atomic E-state index is 0.300. The zero-order valence-corrected chi connectivity index (χ0v) is 8.90. The normalized spacial score (nSPS) is 20.2. The van der Waals surface area contributed by atoms with Crippen molar-refractivity contribution in [1.29, 1.82) is 0 Å². The van der Waals surface area contributed by atoms with Crippen LogP contribution < -0.4 is 0 Å².